The Kier molecular flexibility index (Phi) is 4.65. The second kappa shape index (κ2) is 7.40. The van der Waals surface area contributed by atoms with Gasteiger partial charge in [0.05, 0.1) is 11.3 Å². The molecule has 162 valence electrons. The standard InChI is InChI=1S/C24H21F2N5O/c1-13-7-17(31-6-5-19(24(31)32)14-8-15(25)10-16(26)9-14)3-4-18(13)20-11-30(2)23-21(20)22(27)28-12-29-23/h3-4,7-12,19H,5-6H2,1-2H3,(H2,27,28,29). The van der Waals surface area contributed by atoms with Crippen molar-refractivity contribution in [3.63, 3.8) is 0 Å². The van der Waals surface area contributed by atoms with Crippen LogP contribution in [0.5, 0.6) is 0 Å². The fourth-order valence-corrected chi connectivity index (χ4v) is 4.58. The van der Waals surface area contributed by atoms with Gasteiger partial charge >= 0.3 is 0 Å². The van der Waals surface area contributed by atoms with Crippen LogP contribution >= 0.6 is 0 Å². The van der Waals surface area contributed by atoms with Crippen molar-refractivity contribution in [1.29, 1.82) is 0 Å². The second-order valence-electron chi connectivity index (χ2n) is 8.14. The highest BCUT2D eigenvalue weighted by atomic mass is 19.1. The molecule has 1 aliphatic rings. The number of anilines is 2. The van der Waals surface area contributed by atoms with Gasteiger partial charge in [-0.05, 0) is 54.3 Å². The molecule has 0 saturated carbocycles. The number of aromatic nitrogens is 3. The zero-order valence-electron chi connectivity index (χ0n) is 17.6. The smallest absolute Gasteiger partial charge is 0.234 e. The van der Waals surface area contributed by atoms with E-state index >= 15 is 0 Å². The molecule has 1 unspecified atom stereocenters. The molecule has 8 heteroatoms. The molecule has 0 bridgehead atoms. The third-order valence-corrected chi connectivity index (χ3v) is 6.09. The van der Waals surface area contributed by atoms with Gasteiger partial charge in [0.2, 0.25) is 5.91 Å². The molecule has 5 rings (SSSR count). The average molecular weight is 433 g/mol. The second-order valence-corrected chi connectivity index (χ2v) is 8.14. The number of carbonyl (C=O) groups excluding carboxylic acids is 1. The van der Waals surface area contributed by atoms with Gasteiger partial charge in [0.15, 0.2) is 0 Å². The summed E-state index contributed by atoms with van der Waals surface area (Å²) >= 11 is 0. The fourth-order valence-electron chi connectivity index (χ4n) is 4.58. The van der Waals surface area contributed by atoms with Gasteiger partial charge in [-0.25, -0.2) is 18.7 Å². The Morgan fingerprint density at radius 1 is 1.06 bits per heavy atom. The van der Waals surface area contributed by atoms with Crippen LogP contribution in [0, 0.1) is 18.6 Å². The molecule has 0 spiro atoms. The molecule has 2 N–H and O–H groups in total. The maximum absolute atomic E-state index is 13.6. The van der Waals surface area contributed by atoms with Crippen LogP contribution in [-0.4, -0.2) is 27.0 Å². The predicted octanol–water partition coefficient (Wildman–Crippen LogP) is 4.32. The van der Waals surface area contributed by atoms with Crippen LogP contribution in [0.15, 0.2) is 48.9 Å². The summed E-state index contributed by atoms with van der Waals surface area (Å²) in [5, 5.41) is 0.788. The summed E-state index contributed by atoms with van der Waals surface area (Å²) < 4.78 is 29.2. The van der Waals surface area contributed by atoms with Crippen LogP contribution in [0.4, 0.5) is 20.3 Å². The van der Waals surface area contributed by atoms with Crippen molar-refractivity contribution in [3.05, 3.63) is 71.7 Å². The number of halogens is 2. The molecule has 4 aromatic rings. The predicted molar refractivity (Wildman–Crippen MR) is 119 cm³/mol. The number of hydrogen-bond acceptors (Lipinski definition) is 4. The molecule has 1 saturated heterocycles. The lowest BCUT2D eigenvalue weighted by molar-refractivity contribution is -0.118. The molecule has 2 aromatic heterocycles. The van der Waals surface area contributed by atoms with E-state index in [1.165, 1.54) is 18.5 Å². The van der Waals surface area contributed by atoms with E-state index in [2.05, 4.69) is 9.97 Å². The first kappa shape index (κ1) is 20.1. The molecular formula is C24H21F2N5O. The first-order valence-electron chi connectivity index (χ1n) is 10.3. The Bertz CT molecular complexity index is 1360. The quantitative estimate of drug-likeness (QED) is 0.522. The van der Waals surface area contributed by atoms with Crippen LogP contribution in [-0.2, 0) is 11.8 Å². The first-order chi connectivity index (χ1) is 15.3. The van der Waals surface area contributed by atoms with E-state index in [9.17, 15) is 13.6 Å². The number of fused-ring (bicyclic) bond motifs is 1. The topological polar surface area (TPSA) is 77.0 Å². The van der Waals surface area contributed by atoms with Gasteiger partial charge in [-0.2, -0.15) is 0 Å². The first-order valence-corrected chi connectivity index (χ1v) is 10.3. The molecule has 32 heavy (non-hydrogen) atoms. The minimum atomic E-state index is -0.676. The number of hydrogen-bond donors (Lipinski definition) is 1. The minimum absolute atomic E-state index is 0.162. The van der Waals surface area contributed by atoms with Crippen molar-refractivity contribution >= 4 is 28.4 Å². The summed E-state index contributed by atoms with van der Waals surface area (Å²) in [6.45, 7) is 2.45. The fraction of sp³-hybridized carbons (Fsp3) is 0.208. The van der Waals surface area contributed by atoms with E-state index in [0.717, 1.165) is 39.5 Å². The number of amides is 1. The van der Waals surface area contributed by atoms with Crippen molar-refractivity contribution in [2.24, 2.45) is 7.05 Å². The lowest BCUT2D eigenvalue weighted by atomic mass is 9.97. The summed E-state index contributed by atoms with van der Waals surface area (Å²) in [5.74, 6) is -1.66. The number of aryl methyl sites for hydroxylation is 2. The maximum Gasteiger partial charge on any atom is 0.234 e. The molecular weight excluding hydrogens is 412 g/mol. The third kappa shape index (κ3) is 3.19. The molecule has 0 radical (unpaired) electrons. The Morgan fingerprint density at radius 3 is 2.53 bits per heavy atom. The van der Waals surface area contributed by atoms with Crippen molar-refractivity contribution in [3.8, 4) is 11.1 Å². The molecule has 1 atom stereocenters. The minimum Gasteiger partial charge on any atom is -0.383 e. The molecule has 3 heterocycles. The number of nitrogens with two attached hydrogens (primary N) is 1. The molecule has 6 nitrogen and oxygen atoms in total. The largest absolute Gasteiger partial charge is 0.383 e. The number of benzene rings is 2. The van der Waals surface area contributed by atoms with Gasteiger partial charge in [-0.3, -0.25) is 4.79 Å². The number of nitrogens with zero attached hydrogens (tertiary/aromatic N) is 4. The summed E-state index contributed by atoms with van der Waals surface area (Å²) in [5.41, 5.74) is 10.8. The van der Waals surface area contributed by atoms with Crippen LogP contribution < -0.4 is 10.6 Å². The van der Waals surface area contributed by atoms with E-state index in [1.54, 1.807) is 4.90 Å². The Hall–Kier alpha value is -3.81. The van der Waals surface area contributed by atoms with E-state index in [4.69, 9.17) is 5.73 Å². The average Bonchev–Trinajstić information content (AvgIpc) is 3.28. The van der Waals surface area contributed by atoms with Crippen LogP contribution in [0.1, 0.15) is 23.5 Å². The number of nitrogen functional groups attached to an aromatic ring is 1. The van der Waals surface area contributed by atoms with Gasteiger partial charge in [0.25, 0.3) is 0 Å². The van der Waals surface area contributed by atoms with E-state index < -0.39 is 17.6 Å². The summed E-state index contributed by atoms with van der Waals surface area (Å²) in [6, 6.07) is 9.06. The number of carbonyl (C=O) groups is 1. The number of rotatable bonds is 3. The summed E-state index contributed by atoms with van der Waals surface area (Å²) in [6.07, 6.45) is 3.91. The van der Waals surface area contributed by atoms with Gasteiger partial charge in [0, 0.05) is 37.1 Å². The van der Waals surface area contributed by atoms with E-state index in [-0.39, 0.29) is 5.91 Å². The molecule has 1 amide bonds. The third-order valence-electron chi connectivity index (χ3n) is 6.09. The van der Waals surface area contributed by atoms with Crippen molar-refractivity contribution in [1.82, 2.24) is 14.5 Å². The van der Waals surface area contributed by atoms with Gasteiger partial charge in [-0.15, -0.1) is 0 Å². The van der Waals surface area contributed by atoms with Crippen molar-refractivity contribution < 1.29 is 13.6 Å². The Labute approximate surface area is 183 Å². The summed E-state index contributed by atoms with van der Waals surface area (Å²) in [4.78, 5) is 23.2. The zero-order chi connectivity index (χ0) is 22.6. The highest BCUT2D eigenvalue weighted by molar-refractivity contribution is 6.03. The lowest BCUT2D eigenvalue weighted by Gasteiger charge is -2.19. The van der Waals surface area contributed by atoms with Crippen LogP contribution in [0.3, 0.4) is 0 Å². The molecule has 2 aromatic carbocycles. The van der Waals surface area contributed by atoms with E-state index in [1.807, 2.05) is 42.9 Å². The zero-order valence-corrected chi connectivity index (χ0v) is 17.6. The monoisotopic (exact) mass is 433 g/mol. The molecule has 1 fully saturated rings. The van der Waals surface area contributed by atoms with Crippen molar-refractivity contribution in [2.45, 2.75) is 19.3 Å². The van der Waals surface area contributed by atoms with Crippen LogP contribution in [0.25, 0.3) is 22.2 Å². The SMILES string of the molecule is Cc1cc(N2CCC(c3cc(F)cc(F)c3)C2=O)ccc1-c1cn(C)c2ncnc(N)c12. The van der Waals surface area contributed by atoms with Gasteiger partial charge in [-0.1, -0.05) is 6.07 Å². The highest BCUT2D eigenvalue weighted by Crippen LogP contribution is 2.37. The Morgan fingerprint density at radius 2 is 1.81 bits per heavy atom. The lowest BCUT2D eigenvalue weighted by Crippen LogP contribution is -2.26. The van der Waals surface area contributed by atoms with Gasteiger partial charge < -0.3 is 15.2 Å². The highest BCUT2D eigenvalue weighted by Gasteiger charge is 2.34. The van der Waals surface area contributed by atoms with E-state index in [0.29, 0.717) is 24.3 Å². The molecule has 1 aliphatic heterocycles. The molecule has 0 aliphatic carbocycles. The Balaban J connectivity index is 1.49. The summed E-state index contributed by atoms with van der Waals surface area (Å²) in [7, 11) is 1.90. The normalized spacial score (nSPS) is 16.3. The van der Waals surface area contributed by atoms with Crippen molar-refractivity contribution in [2.75, 3.05) is 17.2 Å². The van der Waals surface area contributed by atoms with Gasteiger partial charge in [0.1, 0.15) is 29.4 Å². The maximum atomic E-state index is 13.6. The van der Waals surface area contributed by atoms with Crippen LogP contribution in [0.2, 0.25) is 0 Å².